The van der Waals surface area contributed by atoms with Gasteiger partial charge in [-0.1, -0.05) is 37.0 Å². The van der Waals surface area contributed by atoms with E-state index in [1.54, 1.807) is 4.90 Å². The zero-order chi connectivity index (χ0) is 17.2. The molecule has 0 saturated carbocycles. The van der Waals surface area contributed by atoms with Gasteiger partial charge < -0.3 is 4.90 Å². The molecule has 5 nitrogen and oxygen atoms in total. The van der Waals surface area contributed by atoms with Gasteiger partial charge in [0, 0.05) is 32.1 Å². The molecule has 0 aromatic heterocycles. The summed E-state index contributed by atoms with van der Waals surface area (Å²) in [5.74, 6) is 0.0484. The van der Waals surface area contributed by atoms with Crippen LogP contribution in [0.4, 0.5) is 0 Å². The molecule has 23 heavy (non-hydrogen) atoms. The molecule has 0 spiro atoms. The number of sulfonamides is 1. The molecule has 1 aliphatic rings. The lowest BCUT2D eigenvalue weighted by Crippen LogP contribution is -2.51. The first-order valence-corrected chi connectivity index (χ1v) is 9.71. The van der Waals surface area contributed by atoms with Gasteiger partial charge in [-0.25, -0.2) is 8.42 Å². The second kappa shape index (κ2) is 7.38. The summed E-state index contributed by atoms with van der Waals surface area (Å²) < 4.78 is 26.7. The molecule has 0 bridgehead atoms. The predicted octanol–water partition coefficient (Wildman–Crippen LogP) is 2.87. The smallest absolute Gasteiger partial charge is 0.243 e. The van der Waals surface area contributed by atoms with Crippen molar-refractivity contribution in [1.82, 2.24) is 9.21 Å². The lowest BCUT2D eigenvalue weighted by molar-refractivity contribution is -0.136. The number of hydrogen-bond acceptors (Lipinski definition) is 3. The van der Waals surface area contributed by atoms with Gasteiger partial charge >= 0.3 is 0 Å². The number of rotatable bonds is 4. The molecule has 128 valence electrons. The zero-order valence-corrected chi connectivity index (χ0v) is 15.5. The molecule has 1 fully saturated rings. The van der Waals surface area contributed by atoms with Crippen molar-refractivity contribution in [2.24, 2.45) is 5.92 Å². The lowest BCUT2D eigenvalue weighted by Gasteiger charge is -2.35. The predicted molar refractivity (Wildman–Crippen MR) is 91.3 cm³/mol. The number of hydrogen-bond donors (Lipinski definition) is 0. The van der Waals surface area contributed by atoms with Crippen LogP contribution in [-0.2, 0) is 14.8 Å². The van der Waals surface area contributed by atoms with E-state index in [2.05, 4.69) is 0 Å². The molecule has 2 rings (SSSR count). The molecule has 0 radical (unpaired) electrons. The van der Waals surface area contributed by atoms with Gasteiger partial charge in [-0.2, -0.15) is 4.31 Å². The molecule has 1 amide bonds. The van der Waals surface area contributed by atoms with Crippen molar-refractivity contribution >= 4 is 39.1 Å². The lowest BCUT2D eigenvalue weighted by atomic mass is 10.1. The number of amides is 1. The third-order valence-corrected chi connectivity index (χ3v) is 6.75. The molecule has 1 saturated heterocycles. The molecule has 8 heteroatoms. The van der Waals surface area contributed by atoms with Crippen molar-refractivity contribution < 1.29 is 13.2 Å². The Kier molecular flexibility index (Phi) is 5.94. The number of piperazine rings is 1. The Morgan fingerprint density at radius 1 is 1.17 bits per heavy atom. The molecule has 1 atom stereocenters. The highest BCUT2D eigenvalue weighted by Gasteiger charge is 2.31. The van der Waals surface area contributed by atoms with Gasteiger partial charge in [-0.05, 0) is 24.6 Å². The van der Waals surface area contributed by atoms with Gasteiger partial charge in [0.1, 0.15) is 0 Å². The van der Waals surface area contributed by atoms with Crippen LogP contribution in [-0.4, -0.2) is 49.7 Å². The van der Waals surface area contributed by atoms with E-state index in [0.717, 1.165) is 6.42 Å². The van der Waals surface area contributed by atoms with Crippen molar-refractivity contribution in [3.05, 3.63) is 28.2 Å². The Morgan fingerprint density at radius 2 is 1.78 bits per heavy atom. The number of benzene rings is 1. The quantitative estimate of drug-likeness (QED) is 0.808. The topological polar surface area (TPSA) is 57.7 Å². The standard InChI is InChI=1S/C15H20Cl2N2O3S/c1-3-11(2)15(20)18-6-8-19(9-7-18)23(21,22)12-4-5-13(16)14(17)10-12/h4-5,10-11H,3,6-9H2,1-2H3. The zero-order valence-electron chi connectivity index (χ0n) is 13.1. The summed E-state index contributed by atoms with van der Waals surface area (Å²) in [6.07, 6.45) is 0.778. The third kappa shape index (κ3) is 3.99. The minimum atomic E-state index is -3.62. The van der Waals surface area contributed by atoms with E-state index in [0.29, 0.717) is 18.1 Å². The fourth-order valence-electron chi connectivity index (χ4n) is 2.42. The molecule has 1 aromatic rings. The molecule has 1 aromatic carbocycles. The maximum absolute atomic E-state index is 12.6. The second-order valence-corrected chi connectivity index (χ2v) is 8.37. The van der Waals surface area contributed by atoms with Crippen molar-refractivity contribution in [2.75, 3.05) is 26.2 Å². The van der Waals surface area contributed by atoms with E-state index in [9.17, 15) is 13.2 Å². The van der Waals surface area contributed by atoms with Crippen LogP contribution in [0.2, 0.25) is 10.0 Å². The Balaban J connectivity index is 2.09. The summed E-state index contributed by atoms with van der Waals surface area (Å²) >= 11 is 11.7. The Bertz CT molecular complexity index is 686. The van der Waals surface area contributed by atoms with E-state index >= 15 is 0 Å². The Hall–Kier alpha value is -0.820. The average Bonchev–Trinajstić information content (AvgIpc) is 2.55. The van der Waals surface area contributed by atoms with E-state index < -0.39 is 10.0 Å². The van der Waals surface area contributed by atoms with Crippen LogP contribution in [0.15, 0.2) is 23.1 Å². The molecule has 1 aliphatic heterocycles. The van der Waals surface area contributed by atoms with Gasteiger partial charge in [0.2, 0.25) is 15.9 Å². The first kappa shape index (κ1) is 18.5. The summed E-state index contributed by atoms with van der Waals surface area (Å²) in [5.41, 5.74) is 0. The van der Waals surface area contributed by atoms with Crippen LogP contribution in [0.5, 0.6) is 0 Å². The third-order valence-electron chi connectivity index (χ3n) is 4.11. The first-order chi connectivity index (χ1) is 10.8. The Morgan fingerprint density at radius 3 is 2.30 bits per heavy atom. The van der Waals surface area contributed by atoms with Crippen LogP contribution in [0.25, 0.3) is 0 Å². The Labute approximate surface area is 147 Å². The SMILES string of the molecule is CCC(C)C(=O)N1CCN(S(=O)(=O)c2ccc(Cl)c(Cl)c2)CC1. The summed E-state index contributed by atoms with van der Waals surface area (Å²) in [5, 5.41) is 0.521. The molecule has 1 heterocycles. The van der Waals surface area contributed by atoms with Crippen molar-refractivity contribution in [1.29, 1.82) is 0 Å². The number of carbonyl (C=O) groups excluding carboxylic acids is 1. The van der Waals surface area contributed by atoms with E-state index in [1.165, 1.54) is 22.5 Å². The molecule has 0 N–H and O–H groups in total. The number of halogens is 2. The average molecular weight is 379 g/mol. The monoisotopic (exact) mass is 378 g/mol. The minimum Gasteiger partial charge on any atom is -0.340 e. The molecular weight excluding hydrogens is 359 g/mol. The maximum Gasteiger partial charge on any atom is 0.243 e. The summed E-state index contributed by atoms with van der Waals surface area (Å²) in [4.78, 5) is 14.0. The number of carbonyl (C=O) groups is 1. The van der Waals surface area contributed by atoms with E-state index in [1.807, 2.05) is 13.8 Å². The molecule has 0 aliphatic carbocycles. The van der Waals surface area contributed by atoms with Crippen LogP contribution in [0, 0.1) is 5.92 Å². The highest BCUT2D eigenvalue weighted by atomic mass is 35.5. The van der Waals surface area contributed by atoms with E-state index in [-0.39, 0.29) is 34.8 Å². The summed E-state index contributed by atoms with van der Waals surface area (Å²) in [7, 11) is -3.62. The van der Waals surface area contributed by atoms with Gasteiger partial charge in [0.25, 0.3) is 0 Å². The van der Waals surface area contributed by atoms with Gasteiger partial charge in [0.05, 0.1) is 14.9 Å². The van der Waals surface area contributed by atoms with Gasteiger partial charge in [0.15, 0.2) is 0 Å². The van der Waals surface area contributed by atoms with Crippen LogP contribution in [0.1, 0.15) is 20.3 Å². The largest absolute Gasteiger partial charge is 0.340 e. The minimum absolute atomic E-state index is 0.0340. The van der Waals surface area contributed by atoms with Crippen molar-refractivity contribution in [3.8, 4) is 0 Å². The van der Waals surface area contributed by atoms with E-state index in [4.69, 9.17) is 23.2 Å². The summed E-state index contributed by atoms with van der Waals surface area (Å²) in [6.45, 7) is 5.23. The fourth-order valence-corrected chi connectivity index (χ4v) is 4.23. The molecule has 1 unspecified atom stereocenters. The van der Waals surface area contributed by atoms with Crippen molar-refractivity contribution in [3.63, 3.8) is 0 Å². The normalized spacial score (nSPS) is 18.0. The van der Waals surface area contributed by atoms with Crippen LogP contribution < -0.4 is 0 Å². The second-order valence-electron chi connectivity index (χ2n) is 5.61. The van der Waals surface area contributed by atoms with Crippen LogP contribution in [0.3, 0.4) is 0 Å². The fraction of sp³-hybridized carbons (Fsp3) is 0.533. The molecular formula is C15H20Cl2N2O3S. The van der Waals surface area contributed by atoms with Crippen LogP contribution >= 0.6 is 23.2 Å². The maximum atomic E-state index is 12.6. The highest BCUT2D eigenvalue weighted by molar-refractivity contribution is 7.89. The number of nitrogens with zero attached hydrogens (tertiary/aromatic N) is 2. The highest BCUT2D eigenvalue weighted by Crippen LogP contribution is 2.27. The van der Waals surface area contributed by atoms with Gasteiger partial charge in [-0.3, -0.25) is 4.79 Å². The van der Waals surface area contributed by atoms with Gasteiger partial charge in [-0.15, -0.1) is 0 Å². The first-order valence-electron chi connectivity index (χ1n) is 7.51. The van der Waals surface area contributed by atoms with Crippen molar-refractivity contribution in [2.45, 2.75) is 25.2 Å². The summed E-state index contributed by atoms with van der Waals surface area (Å²) in [6, 6.07) is 4.27.